The van der Waals surface area contributed by atoms with Crippen LogP contribution in [0.4, 0.5) is 5.69 Å². The van der Waals surface area contributed by atoms with Crippen molar-refractivity contribution in [2.45, 2.75) is 20.3 Å². The van der Waals surface area contributed by atoms with Gasteiger partial charge in [-0.25, -0.2) is 0 Å². The summed E-state index contributed by atoms with van der Waals surface area (Å²) in [7, 11) is 0. The van der Waals surface area contributed by atoms with E-state index in [0.29, 0.717) is 24.7 Å². The van der Waals surface area contributed by atoms with Gasteiger partial charge in [0.1, 0.15) is 24.7 Å². The highest BCUT2D eigenvalue weighted by molar-refractivity contribution is 5.54. The molecule has 0 unspecified atom stereocenters. The van der Waals surface area contributed by atoms with Crippen LogP contribution in [0.15, 0.2) is 42.5 Å². The maximum atomic E-state index is 5.89. The standard InChI is InChI=1S/C17H21NO2/c1-3-14-6-4-5-7-16(14)19-10-11-20-17-9-8-13(2)12-15(17)18/h4-9,12H,3,10-11,18H2,1-2H3. The van der Waals surface area contributed by atoms with Gasteiger partial charge in [-0.2, -0.15) is 0 Å². The maximum absolute atomic E-state index is 5.89. The molecule has 0 radical (unpaired) electrons. The predicted molar refractivity (Wildman–Crippen MR) is 82.4 cm³/mol. The second kappa shape index (κ2) is 6.85. The molecule has 0 spiro atoms. The third-order valence-electron chi connectivity index (χ3n) is 3.12. The molecule has 0 aliphatic rings. The first-order valence-corrected chi connectivity index (χ1v) is 6.90. The Hall–Kier alpha value is -2.16. The van der Waals surface area contributed by atoms with Gasteiger partial charge in [0.05, 0.1) is 5.69 Å². The zero-order valence-electron chi connectivity index (χ0n) is 12.1. The fraction of sp³-hybridized carbons (Fsp3) is 0.294. The molecule has 0 aromatic heterocycles. The molecule has 0 aliphatic heterocycles. The van der Waals surface area contributed by atoms with Crippen molar-refractivity contribution in [3.05, 3.63) is 53.6 Å². The van der Waals surface area contributed by atoms with E-state index in [1.54, 1.807) is 0 Å². The van der Waals surface area contributed by atoms with E-state index in [0.717, 1.165) is 17.7 Å². The molecule has 0 aliphatic carbocycles. The minimum Gasteiger partial charge on any atom is -0.490 e. The van der Waals surface area contributed by atoms with Crippen LogP contribution in [0.2, 0.25) is 0 Å². The van der Waals surface area contributed by atoms with Gasteiger partial charge in [0, 0.05) is 0 Å². The SMILES string of the molecule is CCc1ccccc1OCCOc1ccc(C)cc1N. The predicted octanol–water partition coefficient (Wildman–Crippen LogP) is 3.60. The van der Waals surface area contributed by atoms with E-state index < -0.39 is 0 Å². The highest BCUT2D eigenvalue weighted by Gasteiger charge is 2.02. The van der Waals surface area contributed by atoms with Crippen molar-refractivity contribution in [3.8, 4) is 11.5 Å². The maximum Gasteiger partial charge on any atom is 0.142 e. The van der Waals surface area contributed by atoms with Gasteiger partial charge in [0.2, 0.25) is 0 Å². The van der Waals surface area contributed by atoms with E-state index in [9.17, 15) is 0 Å². The smallest absolute Gasteiger partial charge is 0.142 e. The Balaban J connectivity index is 1.84. The lowest BCUT2D eigenvalue weighted by Crippen LogP contribution is -2.10. The Kier molecular flexibility index (Phi) is 4.88. The first kappa shape index (κ1) is 14.3. The van der Waals surface area contributed by atoms with Crippen molar-refractivity contribution in [3.63, 3.8) is 0 Å². The van der Waals surface area contributed by atoms with E-state index >= 15 is 0 Å². The summed E-state index contributed by atoms with van der Waals surface area (Å²) >= 11 is 0. The number of ether oxygens (including phenoxy) is 2. The van der Waals surface area contributed by atoms with Crippen molar-refractivity contribution >= 4 is 5.69 Å². The highest BCUT2D eigenvalue weighted by Crippen LogP contribution is 2.22. The quantitative estimate of drug-likeness (QED) is 0.645. The first-order chi connectivity index (χ1) is 9.70. The van der Waals surface area contributed by atoms with Crippen LogP contribution in [-0.2, 0) is 6.42 Å². The highest BCUT2D eigenvalue weighted by atomic mass is 16.5. The third-order valence-corrected chi connectivity index (χ3v) is 3.12. The summed E-state index contributed by atoms with van der Waals surface area (Å²) in [6.07, 6.45) is 0.960. The number of hydrogen-bond acceptors (Lipinski definition) is 3. The molecule has 0 atom stereocenters. The van der Waals surface area contributed by atoms with E-state index in [2.05, 4.69) is 13.0 Å². The van der Waals surface area contributed by atoms with Crippen molar-refractivity contribution in [2.24, 2.45) is 0 Å². The topological polar surface area (TPSA) is 44.5 Å². The zero-order valence-corrected chi connectivity index (χ0v) is 12.1. The second-order valence-corrected chi connectivity index (χ2v) is 4.70. The summed E-state index contributed by atoms with van der Waals surface area (Å²) in [5, 5.41) is 0. The summed E-state index contributed by atoms with van der Waals surface area (Å²) < 4.78 is 11.4. The molecule has 3 nitrogen and oxygen atoms in total. The molecule has 106 valence electrons. The molecule has 0 bridgehead atoms. The number of rotatable bonds is 6. The third kappa shape index (κ3) is 3.67. The molecule has 2 aromatic carbocycles. The van der Waals surface area contributed by atoms with Gasteiger partial charge in [-0.15, -0.1) is 0 Å². The van der Waals surface area contributed by atoms with Crippen LogP contribution in [0.5, 0.6) is 11.5 Å². The molecule has 0 amide bonds. The van der Waals surface area contributed by atoms with E-state index in [1.807, 2.05) is 43.3 Å². The van der Waals surface area contributed by atoms with Crippen LogP contribution in [0.3, 0.4) is 0 Å². The normalized spacial score (nSPS) is 10.3. The lowest BCUT2D eigenvalue weighted by Gasteiger charge is -2.12. The fourth-order valence-corrected chi connectivity index (χ4v) is 2.04. The van der Waals surface area contributed by atoms with E-state index in [1.165, 1.54) is 5.56 Å². The molecule has 0 fully saturated rings. The fourth-order valence-electron chi connectivity index (χ4n) is 2.04. The van der Waals surface area contributed by atoms with Crippen molar-refractivity contribution in [1.82, 2.24) is 0 Å². The van der Waals surface area contributed by atoms with Gasteiger partial charge in [0.25, 0.3) is 0 Å². The van der Waals surface area contributed by atoms with Gasteiger partial charge in [-0.05, 0) is 42.7 Å². The van der Waals surface area contributed by atoms with Crippen LogP contribution in [0.25, 0.3) is 0 Å². The van der Waals surface area contributed by atoms with Gasteiger partial charge < -0.3 is 15.2 Å². The molecule has 3 heteroatoms. The van der Waals surface area contributed by atoms with Gasteiger partial charge in [-0.1, -0.05) is 31.2 Å². The van der Waals surface area contributed by atoms with Crippen molar-refractivity contribution in [2.75, 3.05) is 18.9 Å². The van der Waals surface area contributed by atoms with Gasteiger partial charge >= 0.3 is 0 Å². The monoisotopic (exact) mass is 271 g/mol. The molecule has 2 rings (SSSR count). The van der Waals surface area contributed by atoms with Crippen molar-refractivity contribution in [1.29, 1.82) is 0 Å². The number of para-hydroxylation sites is 1. The lowest BCUT2D eigenvalue weighted by atomic mass is 10.1. The number of hydrogen-bond donors (Lipinski definition) is 1. The zero-order chi connectivity index (χ0) is 14.4. The Morgan fingerprint density at radius 2 is 1.65 bits per heavy atom. The Bertz CT molecular complexity index is 567. The number of nitrogen functional groups attached to an aromatic ring is 1. The number of anilines is 1. The molecule has 20 heavy (non-hydrogen) atoms. The van der Waals surface area contributed by atoms with E-state index in [-0.39, 0.29) is 0 Å². The summed E-state index contributed by atoms with van der Waals surface area (Å²) in [5.41, 5.74) is 8.90. The second-order valence-electron chi connectivity index (χ2n) is 4.70. The number of aryl methyl sites for hydroxylation is 2. The lowest BCUT2D eigenvalue weighted by molar-refractivity contribution is 0.216. The van der Waals surface area contributed by atoms with Crippen LogP contribution in [0.1, 0.15) is 18.1 Å². The van der Waals surface area contributed by atoms with Gasteiger partial charge in [-0.3, -0.25) is 0 Å². The Morgan fingerprint density at radius 1 is 0.950 bits per heavy atom. The molecule has 2 N–H and O–H groups in total. The van der Waals surface area contributed by atoms with Gasteiger partial charge in [0.15, 0.2) is 0 Å². The number of nitrogens with two attached hydrogens (primary N) is 1. The molecule has 0 saturated carbocycles. The summed E-state index contributed by atoms with van der Waals surface area (Å²) in [6, 6.07) is 13.8. The minimum atomic E-state index is 0.477. The van der Waals surface area contributed by atoms with Crippen LogP contribution < -0.4 is 15.2 Å². The largest absolute Gasteiger partial charge is 0.490 e. The average Bonchev–Trinajstić information content (AvgIpc) is 2.46. The van der Waals surface area contributed by atoms with E-state index in [4.69, 9.17) is 15.2 Å². The Morgan fingerprint density at radius 3 is 2.35 bits per heavy atom. The van der Waals surface area contributed by atoms with Crippen LogP contribution >= 0.6 is 0 Å². The van der Waals surface area contributed by atoms with Crippen molar-refractivity contribution < 1.29 is 9.47 Å². The minimum absolute atomic E-state index is 0.477. The molecule has 0 heterocycles. The summed E-state index contributed by atoms with van der Waals surface area (Å²) in [6.45, 7) is 5.10. The van der Waals surface area contributed by atoms with Crippen LogP contribution in [-0.4, -0.2) is 13.2 Å². The summed E-state index contributed by atoms with van der Waals surface area (Å²) in [4.78, 5) is 0. The molecule has 2 aromatic rings. The molecular formula is C17H21NO2. The number of benzene rings is 2. The molecular weight excluding hydrogens is 250 g/mol. The molecule has 0 saturated heterocycles. The van der Waals surface area contributed by atoms with Crippen LogP contribution in [0, 0.1) is 6.92 Å². The average molecular weight is 271 g/mol. The first-order valence-electron chi connectivity index (χ1n) is 6.90. The summed E-state index contributed by atoms with van der Waals surface area (Å²) in [5.74, 6) is 1.64. The Labute approximate surface area is 120 Å².